The Morgan fingerprint density at radius 2 is 2.16 bits per heavy atom. The van der Waals surface area contributed by atoms with E-state index in [2.05, 4.69) is 15.5 Å². The minimum atomic E-state index is 0.331. The van der Waals surface area contributed by atoms with Crippen molar-refractivity contribution in [3.63, 3.8) is 0 Å². The lowest BCUT2D eigenvalue weighted by Crippen LogP contribution is -2.34. The highest BCUT2D eigenvalue weighted by atomic mass is 16.5. The van der Waals surface area contributed by atoms with Crippen LogP contribution in [0.15, 0.2) is 4.52 Å². The molecule has 2 heterocycles. The van der Waals surface area contributed by atoms with E-state index in [1.165, 1.54) is 25.7 Å². The lowest BCUT2D eigenvalue weighted by molar-refractivity contribution is 0.192. The van der Waals surface area contributed by atoms with E-state index >= 15 is 0 Å². The molecule has 1 N–H and O–H groups in total. The summed E-state index contributed by atoms with van der Waals surface area (Å²) in [4.78, 5) is 4.55. The number of nitrogens with one attached hydrogen (secondary N) is 1. The zero-order valence-corrected chi connectivity index (χ0v) is 11.6. The predicted molar refractivity (Wildman–Crippen MR) is 71.0 cm³/mol. The Kier molecular flexibility index (Phi) is 4.13. The minimum absolute atomic E-state index is 0.331. The topological polar surface area (TPSA) is 60.2 Å². The van der Waals surface area contributed by atoms with Gasteiger partial charge in [0.1, 0.15) is 0 Å². The van der Waals surface area contributed by atoms with Gasteiger partial charge in [-0.15, -0.1) is 0 Å². The first-order valence-electron chi connectivity index (χ1n) is 7.44. The van der Waals surface area contributed by atoms with Crippen LogP contribution in [0.1, 0.15) is 49.7 Å². The Labute approximate surface area is 114 Å². The number of hydrogen-bond acceptors (Lipinski definition) is 5. The van der Waals surface area contributed by atoms with E-state index in [9.17, 15) is 0 Å². The van der Waals surface area contributed by atoms with Crippen molar-refractivity contribution < 1.29 is 9.26 Å². The summed E-state index contributed by atoms with van der Waals surface area (Å²) in [5.41, 5.74) is 0. The quantitative estimate of drug-likeness (QED) is 0.881. The van der Waals surface area contributed by atoms with Crippen LogP contribution in [0, 0.1) is 5.92 Å². The third-order valence-corrected chi connectivity index (χ3v) is 4.51. The molecule has 1 aromatic rings. The van der Waals surface area contributed by atoms with Crippen LogP contribution in [0.3, 0.4) is 0 Å². The molecular weight excluding hydrogens is 242 g/mol. The van der Waals surface area contributed by atoms with E-state index < -0.39 is 0 Å². The number of hydrogen-bond donors (Lipinski definition) is 1. The molecule has 5 heteroatoms. The van der Waals surface area contributed by atoms with Crippen molar-refractivity contribution >= 4 is 0 Å². The van der Waals surface area contributed by atoms with Gasteiger partial charge in [0.05, 0.1) is 6.61 Å². The van der Waals surface area contributed by atoms with Crippen LogP contribution in [0.2, 0.25) is 0 Å². The number of likely N-dealkylation sites (N-methyl/N-ethyl adjacent to an activating group) is 1. The largest absolute Gasteiger partial charge is 0.381 e. The summed E-state index contributed by atoms with van der Waals surface area (Å²) in [5, 5.41) is 7.54. The van der Waals surface area contributed by atoms with Gasteiger partial charge in [-0.1, -0.05) is 18.0 Å². The van der Waals surface area contributed by atoms with Crippen LogP contribution in [0.4, 0.5) is 0 Å². The van der Waals surface area contributed by atoms with Crippen LogP contribution in [0.5, 0.6) is 0 Å². The summed E-state index contributed by atoms with van der Waals surface area (Å²) in [6.07, 6.45) is 7.22. The van der Waals surface area contributed by atoms with Gasteiger partial charge in [-0.05, 0) is 32.2 Å². The summed E-state index contributed by atoms with van der Waals surface area (Å²) >= 11 is 0. The number of nitrogens with zero attached hydrogens (tertiary/aromatic N) is 2. The number of rotatable bonds is 5. The molecule has 1 saturated heterocycles. The molecule has 2 atom stereocenters. The first kappa shape index (κ1) is 13.1. The van der Waals surface area contributed by atoms with E-state index in [4.69, 9.17) is 9.26 Å². The van der Waals surface area contributed by atoms with E-state index in [1.54, 1.807) is 0 Å². The van der Waals surface area contributed by atoms with E-state index in [1.807, 2.05) is 7.05 Å². The lowest BCUT2D eigenvalue weighted by Gasteiger charge is -2.20. The summed E-state index contributed by atoms with van der Waals surface area (Å²) in [7, 11) is 2.03. The minimum Gasteiger partial charge on any atom is -0.381 e. The van der Waals surface area contributed by atoms with Crippen LogP contribution in [-0.2, 0) is 11.2 Å². The fraction of sp³-hybridized carbons (Fsp3) is 0.857. The smallest absolute Gasteiger partial charge is 0.228 e. The van der Waals surface area contributed by atoms with Crippen molar-refractivity contribution in [2.75, 3.05) is 20.3 Å². The second-order valence-electron chi connectivity index (χ2n) is 5.75. The number of ether oxygens (including phenoxy) is 1. The van der Waals surface area contributed by atoms with Gasteiger partial charge in [-0.2, -0.15) is 4.98 Å². The molecule has 2 aliphatic rings. The molecule has 106 valence electrons. The second kappa shape index (κ2) is 6.01. The monoisotopic (exact) mass is 265 g/mol. The Morgan fingerprint density at radius 1 is 1.32 bits per heavy atom. The van der Waals surface area contributed by atoms with Crippen LogP contribution < -0.4 is 5.32 Å². The van der Waals surface area contributed by atoms with Gasteiger partial charge in [-0.25, -0.2) is 0 Å². The average molecular weight is 265 g/mol. The van der Waals surface area contributed by atoms with Gasteiger partial charge in [0.15, 0.2) is 5.82 Å². The van der Waals surface area contributed by atoms with E-state index in [0.717, 1.165) is 43.7 Å². The van der Waals surface area contributed by atoms with Crippen molar-refractivity contribution in [3.05, 3.63) is 11.7 Å². The molecule has 1 aliphatic heterocycles. The van der Waals surface area contributed by atoms with Gasteiger partial charge in [0, 0.05) is 25.0 Å². The fourth-order valence-corrected chi connectivity index (χ4v) is 3.31. The molecule has 1 saturated carbocycles. The first-order valence-corrected chi connectivity index (χ1v) is 7.44. The molecule has 1 aliphatic carbocycles. The van der Waals surface area contributed by atoms with Crippen molar-refractivity contribution in [2.24, 2.45) is 5.92 Å². The molecule has 0 spiro atoms. The molecule has 0 bridgehead atoms. The fourth-order valence-electron chi connectivity index (χ4n) is 3.31. The molecular formula is C14H23N3O2. The Bertz CT molecular complexity index is 395. The third kappa shape index (κ3) is 2.98. The second-order valence-corrected chi connectivity index (χ2v) is 5.75. The van der Waals surface area contributed by atoms with Gasteiger partial charge in [-0.3, -0.25) is 0 Å². The van der Waals surface area contributed by atoms with Crippen LogP contribution in [0.25, 0.3) is 0 Å². The molecule has 3 rings (SSSR count). The van der Waals surface area contributed by atoms with E-state index in [-0.39, 0.29) is 0 Å². The molecule has 1 aromatic heterocycles. The Balaban J connectivity index is 1.61. The standard InChI is InChI=1S/C14H23N3O2/c1-15-12(10-4-2-3-5-10)8-13-16-14(17-19-13)11-6-7-18-9-11/h10-12,15H,2-9H2,1H3. The summed E-state index contributed by atoms with van der Waals surface area (Å²) in [5.74, 6) is 2.69. The van der Waals surface area contributed by atoms with Crippen LogP contribution in [-0.4, -0.2) is 36.4 Å². The lowest BCUT2D eigenvalue weighted by atomic mass is 9.95. The zero-order chi connectivity index (χ0) is 13.1. The maximum atomic E-state index is 5.41. The highest BCUT2D eigenvalue weighted by Crippen LogP contribution is 2.29. The van der Waals surface area contributed by atoms with Crippen LogP contribution >= 0.6 is 0 Å². The third-order valence-electron chi connectivity index (χ3n) is 4.51. The zero-order valence-electron chi connectivity index (χ0n) is 11.6. The maximum absolute atomic E-state index is 5.41. The number of aromatic nitrogens is 2. The molecule has 5 nitrogen and oxygen atoms in total. The normalized spacial score (nSPS) is 26.1. The highest BCUT2D eigenvalue weighted by molar-refractivity contribution is 4.99. The molecule has 2 fully saturated rings. The van der Waals surface area contributed by atoms with E-state index in [0.29, 0.717) is 12.0 Å². The van der Waals surface area contributed by atoms with Crippen molar-refractivity contribution in [1.29, 1.82) is 0 Å². The van der Waals surface area contributed by atoms with Gasteiger partial charge in [0.25, 0.3) is 0 Å². The summed E-state index contributed by atoms with van der Waals surface area (Å²) in [6, 6.07) is 0.468. The van der Waals surface area contributed by atoms with Gasteiger partial charge >= 0.3 is 0 Å². The molecule has 0 radical (unpaired) electrons. The average Bonchev–Trinajstić information content (AvgIpc) is 3.15. The SMILES string of the molecule is CNC(Cc1nc(C2CCOC2)no1)C1CCCC1. The molecule has 2 unspecified atom stereocenters. The first-order chi connectivity index (χ1) is 9.36. The van der Waals surface area contributed by atoms with Gasteiger partial charge in [0.2, 0.25) is 5.89 Å². The predicted octanol–water partition coefficient (Wildman–Crippen LogP) is 1.89. The van der Waals surface area contributed by atoms with Crippen molar-refractivity contribution in [3.8, 4) is 0 Å². The maximum Gasteiger partial charge on any atom is 0.228 e. The van der Waals surface area contributed by atoms with Crippen molar-refractivity contribution in [2.45, 2.75) is 50.5 Å². The highest BCUT2D eigenvalue weighted by Gasteiger charge is 2.27. The Morgan fingerprint density at radius 3 is 2.84 bits per heavy atom. The Hall–Kier alpha value is -0.940. The van der Waals surface area contributed by atoms with Gasteiger partial charge < -0.3 is 14.6 Å². The molecule has 0 amide bonds. The molecule has 0 aromatic carbocycles. The van der Waals surface area contributed by atoms with Crippen molar-refractivity contribution in [1.82, 2.24) is 15.5 Å². The summed E-state index contributed by atoms with van der Waals surface area (Å²) < 4.78 is 10.8. The molecule has 19 heavy (non-hydrogen) atoms. The summed E-state index contributed by atoms with van der Waals surface area (Å²) in [6.45, 7) is 1.55.